The molecular weight excluding hydrogens is 226 g/mol. The summed E-state index contributed by atoms with van der Waals surface area (Å²) in [7, 11) is 0. The van der Waals surface area contributed by atoms with Gasteiger partial charge in [-0.25, -0.2) is 0 Å². The number of hydrogen-bond acceptors (Lipinski definition) is 4. The Balaban J connectivity index is 2.35. The lowest BCUT2D eigenvalue weighted by atomic mass is 10.2. The molecule has 16 heavy (non-hydrogen) atoms. The topological polar surface area (TPSA) is 64.9 Å². The van der Waals surface area contributed by atoms with Crippen LogP contribution < -0.4 is 5.73 Å². The highest BCUT2D eigenvalue weighted by atomic mass is 35.5. The fourth-order valence-corrected chi connectivity index (χ4v) is 1.60. The molecular formula is C11H12ClN3O. The van der Waals surface area contributed by atoms with Crippen molar-refractivity contribution in [3.63, 3.8) is 0 Å². The van der Waals surface area contributed by atoms with Crippen molar-refractivity contribution in [1.82, 2.24) is 10.1 Å². The molecule has 0 radical (unpaired) electrons. The number of aryl methyl sites for hydroxylation is 1. The Kier molecular flexibility index (Phi) is 3.10. The average molecular weight is 238 g/mol. The molecule has 0 spiro atoms. The van der Waals surface area contributed by atoms with E-state index < -0.39 is 0 Å². The second kappa shape index (κ2) is 4.53. The number of hydrogen-bond donors (Lipinski definition) is 1. The Labute approximate surface area is 98.4 Å². The van der Waals surface area contributed by atoms with Gasteiger partial charge in [0.25, 0.3) is 5.89 Å². The lowest BCUT2D eigenvalue weighted by Gasteiger charge is -1.99. The van der Waals surface area contributed by atoms with Gasteiger partial charge in [0.15, 0.2) is 5.82 Å². The second-order valence-electron chi connectivity index (χ2n) is 3.50. The third-order valence-electron chi connectivity index (χ3n) is 2.19. The van der Waals surface area contributed by atoms with Gasteiger partial charge < -0.3 is 10.3 Å². The molecule has 2 N–H and O–H groups in total. The number of halogens is 1. The molecule has 0 saturated carbocycles. The number of nitrogen functional groups attached to an aromatic ring is 1. The van der Waals surface area contributed by atoms with Gasteiger partial charge in [-0.05, 0) is 24.6 Å². The summed E-state index contributed by atoms with van der Waals surface area (Å²) in [6.45, 7) is 2.06. The van der Waals surface area contributed by atoms with Gasteiger partial charge in [-0.1, -0.05) is 23.7 Å². The summed E-state index contributed by atoms with van der Waals surface area (Å²) >= 11 is 5.81. The van der Waals surface area contributed by atoms with Gasteiger partial charge in [0, 0.05) is 17.1 Å². The maximum atomic E-state index is 5.82. The van der Waals surface area contributed by atoms with E-state index >= 15 is 0 Å². The molecule has 5 heteroatoms. The molecule has 2 aromatic rings. The molecule has 1 heterocycles. The van der Waals surface area contributed by atoms with Gasteiger partial charge in [-0.15, -0.1) is 0 Å². The van der Waals surface area contributed by atoms with Crippen LogP contribution in [0, 0.1) is 0 Å². The average Bonchev–Trinajstić information content (AvgIpc) is 2.67. The van der Waals surface area contributed by atoms with Crippen molar-refractivity contribution in [2.24, 2.45) is 0 Å². The van der Waals surface area contributed by atoms with E-state index in [2.05, 4.69) is 17.1 Å². The third-order valence-corrected chi connectivity index (χ3v) is 2.42. The Bertz CT molecular complexity index is 496. The number of anilines is 1. The fourth-order valence-electron chi connectivity index (χ4n) is 1.42. The van der Waals surface area contributed by atoms with Crippen LogP contribution in [0.5, 0.6) is 0 Å². The number of nitrogens with two attached hydrogens (primary N) is 1. The van der Waals surface area contributed by atoms with E-state index in [1.807, 2.05) is 0 Å². The van der Waals surface area contributed by atoms with Gasteiger partial charge in [0.05, 0.1) is 5.56 Å². The van der Waals surface area contributed by atoms with E-state index in [9.17, 15) is 0 Å². The summed E-state index contributed by atoms with van der Waals surface area (Å²) in [6, 6.07) is 5.19. The molecule has 0 unspecified atom stereocenters. The third kappa shape index (κ3) is 2.17. The zero-order valence-electron chi connectivity index (χ0n) is 8.90. The summed E-state index contributed by atoms with van der Waals surface area (Å²) < 4.78 is 5.14. The molecule has 1 aromatic carbocycles. The molecule has 0 fully saturated rings. The first-order valence-electron chi connectivity index (χ1n) is 5.08. The summed E-state index contributed by atoms with van der Waals surface area (Å²) in [5.74, 6) is 1.14. The van der Waals surface area contributed by atoms with E-state index in [1.165, 1.54) is 0 Å². The van der Waals surface area contributed by atoms with E-state index in [0.29, 0.717) is 22.4 Å². The minimum atomic E-state index is 0.442. The molecule has 84 valence electrons. The molecule has 0 aliphatic heterocycles. The summed E-state index contributed by atoms with van der Waals surface area (Å²) in [4.78, 5) is 4.26. The molecule has 0 aliphatic carbocycles. The van der Waals surface area contributed by atoms with Crippen LogP contribution in [0.4, 0.5) is 5.69 Å². The van der Waals surface area contributed by atoms with Crippen LogP contribution in [0.25, 0.3) is 11.5 Å². The van der Waals surface area contributed by atoms with Gasteiger partial charge in [-0.2, -0.15) is 4.98 Å². The molecule has 4 nitrogen and oxygen atoms in total. The Morgan fingerprint density at radius 1 is 1.44 bits per heavy atom. The standard InChI is InChI=1S/C11H12ClN3O/c1-2-3-10-14-11(16-15-10)8-5-4-7(12)6-9(8)13/h4-6H,2-3,13H2,1H3. The Morgan fingerprint density at radius 3 is 2.94 bits per heavy atom. The van der Waals surface area contributed by atoms with Crippen LogP contribution in [0.3, 0.4) is 0 Å². The molecule has 0 atom stereocenters. The van der Waals surface area contributed by atoms with Crippen LogP contribution in [0.1, 0.15) is 19.2 Å². The molecule has 0 saturated heterocycles. The highest BCUT2D eigenvalue weighted by Crippen LogP contribution is 2.27. The van der Waals surface area contributed by atoms with Crippen LogP contribution in [0.15, 0.2) is 22.7 Å². The lowest BCUT2D eigenvalue weighted by molar-refractivity contribution is 0.422. The van der Waals surface area contributed by atoms with Gasteiger partial charge in [0.1, 0.15) is 0 Å². The van der Waals surface area contributed by atoms with Crippen LogP contribution in [-0.2, 0) is 6.42 Å². The molecule has 0 amide bonds. The molecule has 0 aliphatic rings. The van der Waals surface area contributed by atoms with Crippen LogP contribution in [-0.4, -0.2) is 10.1 Å². The zero-order valence-corrected chi connectivity index (χ0v) is 9.66. The summed E-state index contributed by atoms with van der Waals surface area (Å²) in [6.07, 6.45) is 1.78. The highest BCUT2D eigenvalue weighted by molar-refractivity contribution is 6.31. The quantitative estimate of drug-likeness (QED) is 0.834. The van der Waals surface area contributed by atoms with Crippen LogP contribution in [0.2, 0.25) is 5.02 Å². The van der Waals surface area contributed by atoms with Crippen LogP contribution >= 0.6 is 11.6 Å². The zero-order chi connectivity index (χ0) is 11.5. The minimum Gasteiger partial charge on any atom is -0.398 e. The van der Waals surface area contributed by atoms with Gasteiger partial charge in [-0.3, -0.25) is 0 Å². The van der Waals surface area contributed by atoms with Crippen molar-refractivity contribution in [3.05, 3.63) is 29.0 Å². The first-order chi connectivity index (χ1) is 7.70. The van der Waals surface area contributed by atoms with Crippen molar-refractivity contribution in [2.45, 2.75) is 19.8 Å². The van der Waals surface area contributed by atoms with Gasteiger partial charge in [0.2, 0.25) is 0 Å². The predicted molar refractivity (Wildman–Crippen MR) is 63.2 cm³/mol. The summed E-state index contributed by atoms with van der Waals surface area (Å²) in [5, 5.41) is 4.46. The Hall–Kier alpha value is -1.55. The van der Waals surface area contributed by atoms with E-state index in [4.69, 9.17) is 21.9 Å². The van der Waals surface area contributed by atoms with Crippen molar-refractivity contribution in [2.75, 3.05) is 5.73 Å². The van der Waals surface area contributed by atoms with Crippen molar-refractivity contribution < 1.29 is 4.52 Å². The highest BCUT2D eigenvalue weighted by Gasteiger charge is 2.11. The molecule has 2 rings (SSSR count). The normalized spacial score (nSPS) is 10.6. The van der Waals surface area contributed by atoms with Crippen molar-refractivity contribution >= 4 is 17.3 Å². The van der Waals surface area contributed by atoms with E-state index in [0.717, 1.165) is 18.4 Å². The SMILES string of the molecule is CCCc1noc(-c2ccc(Cl)cc2N)n1. The molecule has 1 aromatic heterocycles. The Morgan fingerprint density at radius 2 is 2.25 bits per heavy atom. The van der Waals surface area contributed by atoms with Gasteiger partial charge >= 0.3 is 0 Å². The first-order valence-corrected chi connectivity index (χ1v) is 5.46. The van der Waals surface area contributed by atoms with E-state index in [1.54, 1.807) is 18.2 Å². The van der Waals surface area contributed by atoms with E-state index in [-0.39, 0.29) is 0 Å². The largest absolute Gasteiger partial charge is 0.398 e. The fraction of sp³-hybridized carbons (Fsp3) is 0.273. The second-order valence-corrected chi connectivity index (χ2v) is 3.93. The number of nitrogens with zero attached hydrogens (tertiary/aromatic N) is 2. The number of rotatable bonds is 3. The maximum Gasteiger partial charge on any atom is 0.260 e. The first kappa shape index (κ1) is 11.0. The lowest BCUT2D eigenvalue weighted by Crippen LogP contribution is -1.90. The predicted octanol–water partition coefficient (Wildman–Crippen LogP) is 2.92. The minimum absolute atomic E-state index is 0.442. The summed E-state index contributed by atoms with van der Waals surface area (Å²) in [5.41, 5.74) is 7.09. The number of benzene rings is 1. The maximum absolute atomic E-state index is 5.82. The smallest absolute Gasteiger partial charge is 0.260 e. The monoisotopic (exact) mass is 237 g/mol. The van der Waals surface area contributed by atoms with Crippen molar-refractivity contribution in [1.29, 1.82) is 0 Å². The van der Waals surface area contributed by atoms with Crippen molar-refractivity contribution in [3.8, 4) is 11.5 Å². The number of aromatic nitrogens is 2. The molecule has 0 bridgehead atoms.